The molecule has 0 aliphatic rings. The van der Waals surface area contributed by atoms with Gasteiger partial charge in [0, 0.05) is 12.6 Å². The van der Waals surface area contributed by atoms with Gasteiger partial charge in [0.25, 0.3) is 0 Å². The van der Waals surface area contributed by atoms with E-state index in [0.29, 0.717) is 13.0 Å². The first-order valence-electron chi connectivity index (χ1n) is 7.51. The smallest absolute Gasteiger partial charge is 0.122 e. The molecule has 4 nitrogen and oxygen atoms in total. The summed E-state index contributed by atoms with van der Waals surface area (Å²) in [6.07, 6.45) is 2.14. The predicted molar refractivity (Wildman–Crippen MR) is 84.3 cm³/mol. The third kappa shape index (κ3) is 6.16. The van der Waals surface area contributed by atoms with Gasteiger partial charge in [0.1, 0.15) is 11.3 Å². The molecule has 0 aliphatic heterocycles. The van der Waals surface area contributed by atoms with Crippen LogP contribution >= 0.6 is 0 Å². The number of nitrogens with zero attached hydrogens (tertiary/aromatic N) is 1. The van der Waals surface area contributed by atoms with Gasteiger partial charge >= 0.3 is 0 Å². The Balaban J connectivity index is 2.45. The van der Waals surface area contributed by atoms with E-state index in [-0.39, 0.29) is 12.6 Å². The van der Waals surface area contributed by atoms with E-state index in [0.717, 1.165) is 24.2 Å². The van der Waals surface area contributed by atoms with Crippen LogP contribution in [0.2, 0.25) is 0 Å². The first-order valence-corrected chi connectivity index (χ1v) is 7.51. The average molecular weight is 290 g/mol. The first-order chi connectivity index (χ1) is 10.0. The second-order valence-corrected chi connectivity index (χ2v) is 5.78. The second kappa shape index (κ2) is 8.66. The molecule has 21 heavy (non-hydrogen) atoms. The van der Waals surface area contributed by atoms with E-state index >= 15 is 0 Å². The molecule has 1 aromatic carbocycles. The lowest BCUT2D eigenvalue weighted by atomic mass is 9.97. The number of nitriles is 1. The van der Waals surface area contributed by atoms with Crippen LogP contribution in [-0.2, 0) is 6.42 Å². The van der Waals surface area contributed by atoms with Crippen LogP contribution in [-0.4, -0.2) is 29.9 Å². The maximum absolute atomic E-state index is 9.28. The Bertz CT molecular complexity index is 468. The van der Waals surface area contributed by atoms with E-state index in [9.17, 15) is 5.26 Å². The molecule has 1 rings (SSSR count). The molecular weight excluding hydrogens is 264 g/mol. The molecule has 116 valence electrons. The standard InChI is InChI=1S/C17H26N2O2/c1-14(2)19-17(3,13-18)10-6-12-21-16-8-5-4-7-15(16)9-11-20/h4-5,7-8,14,19-20H,6,9-12H2,1-3H3. The van der Waals surface area contributed by atoms with Crippen molar-refractivity contribution < 1.29 is 9.84 Å². The molecule has 0 heterocycles. The predicted octanol–water partition coefficient (Wildman–Crippen LogP) is 2.66. The van der Waals surface area contributed by atoms with Crippen molar-refractivity contribution in [2.45, 2.75) is 51.6 Å². The summed E-state index contributed by atoms with van der Waals surface area (Å²) in [5.41, 5.74) is 0.505. The highest BCUT2D eigenvalue weighted by Gasteiger charge is 2.23. The van der Waals surface area contributed by atoms with Crippen molar-refractivity contribution in [2.75, 3.05) is 13.2 Å². The minimum absolute atomic E-state index is 0.116. The normalized spacial score (nSPS) is 13.7. The number of aliphatic hydroxyl groups excluding tert-OH is 1. The molecule has 0 bridgehead atoms. The molecule has 0 radical (unpaired) electrons. The van der Waals surface area contributed by atoms with Crippen molar-refractivity contribution in [3.05, 3.63) is 29.8 Å². The second-order valence-electron chi connectivity index (χ2n) is 5.78. The maximum atomic E-state index is 9.28. The molecule has 0 fully saturated rings. The van der Waals surface area contributed by atoms with Crippen LogP contribution in [0.4, 0.5) is 0 Å². The summed E-state index contributed by atoms with van der Waals surface area (Å²) >= 11 is 0. The number of benzene rings is 1. The zero-order valence-electron chi connectivity index (χ0n) is 13.2. The Morgan fingerprint density at radius 1 is 1.38 bits per heavy atom. The largest absolute Gasteiger partial charge is 0.493 e. The van der Waals surface area contributed by atoms with E-state index in [4.69, 9.17) is 9.84 Å². The van der Waals surface area contributed by atoms with Gasteiger partial charge in [-0.3, -0.25) is 5.32 Å². The van der Waals surface area contributed by atoms with E-state index in [1.807, 2.05) is 45.0 Å². The van der Waals surface area contributed by atoms with Crippen molar-refractivity contribution in [2.24, 2.45) is 0 Å². The van der Waals surface area contributed by atoms with Crippen molar-refractivity contribution in [3.8, 4) is 11.8 Å². The molecule has 0 amide bonds. The van der Waals surface area contributed by atoms with E-state index in [2.05, 4.69) is 11.4 Å². The van der Waals surface area contributed by atoms with Crippen LogP contribution in [0.5, 0.6) is 5.75 Å². The fraction of sp³-hybridized carbons (Fsp3) is 0.588. The van der Waals surface area contributed by atoms with Crippen LogP contribution in [0.25, 0.3) is 0 Å². The molecule has 2 N–H and O–H groups in total. The van der Waals surface area contributed by atoms with Crippen molar-refractivity contribution in [1.82, 2.24) is 5.32 Å². The van der Waals surface area contributed by atoms with Gasteiger partial charge in [-0.05, 0) is 51.7 Å². The molecular formula is C17H26N2O2. The number of aliphatic hydroxyl groups is 1. The third-order valence-electron chi connectivity index (χ3n) is 3.29. The topological polar surface area (TPSA) is 65.3 Å². The van der Waals surface area contributed by atoms with Gasteiger partial charge < -0.3 is 9.84 Å². The summed E-state index contributed by atoms with van der Waals surface area (Å²) in [4.78, 5) is 0. The highest BCUT2D eigenvalue weighted by atomic mass is 16.5. The zero-order chi connectivity index (χ0) is 15.7. The van der Waals surface area contributed by atoms with Gasteiger partial charge in [0.2, 0.25) is 0 Å². The highest BCUT2D eigenvalue weighted by molar-refractivity contribution is 5.33. The van der Waals surface area contributed by atoms with E-state index in [1.54, 1.807) is 0 Å². The first kappa shape index (κ1) is 17.5. The lowest BCUT2D eigenvalue weighted by molar-refractivity contribution is 0.271. The van der Waals surface area contributed by atoms with E-state index < -0.39 is 5.54 Å². The van der Waals surface area contributed by atoms with Crippen molar-refractivity contribution in [3.63, 3.8) is 0 Å². The molecule has 0 saturated carbocycles. The summed E-state index contributed by atoms with van der Waals surface area (Å²) in [7, 11) is 0. The summed E-state index contributed by atoms with van der Waals surface area (Å²) in [5.74, 6) is 0.821. The van der Waals surface area contributed by atoms with Crippen molar-refractivity contribution in [1.29, 1.82) is 5.26 Å². The molecule has 4 heteroatoms. The van der Waals surface area contributed by atoms with Gasteiger partial charge in [0.05, 0.1) is 12.7 Å². The molecule has 0 aromatic heterocycles. The Morgan fingerprint density at radius 3 is 2.71 bits per heavy atom. The summed E-state index contributed by atoms with van der Waals surface area (Å²) in [5, 5.41) is 21.6. The van der Waals surface area contributed by atoms with Gasteiger partial charge in [-0.2, -0.15) is 5.26 Å². The number of nitrogens with one attached hydrogen (secondary N) is 1. The Hall–Kier alpha value is -1.57. The average Bonchev–Trinajstić information content (AvgIpc) is 2.45. The summed E-state index contributed by atoms with van der Waals surface area (Å²) in [6.45, 7) is 6.69. The Labute approximate surface area is 127 Å². The fourth-order valence-electron chi connectivity index (χ4n) is 2.38. The molecule has 0 saturated heterocycles. The monoisotopic (exact) mass is 290 g/mol. The number of ether oxygens (including phenoxy) is 1. The number of para-hydroxylation sites is 1. The lowest BCUT2D eigenvalue weighted by Crippen LogP contribution is -2.45. The SMILES string of the molecule is CC(C)NC(C)(C#N)CCCOc1ccccc1CCO. The summed E-state index contributed by atoms with van der Waals surface area (Å²) < 4.78 is 5.79. The molecule has 1 unspecified atom stereocenters. The van der Waals surface area contributed by atoms with Gasteiger partial charge in [-0.1, -0.05) is 18.2 Å². The van der Waals surface area contributed by atoms with Crippen LogP contribution < -0.4 is 10.1 Å². The van der Waals surface area contributed by atoms with Gasteiger partial charge in [-0.15, -0.1) is 0 Å². The van der Waals surface area contributed by atoms with Gasteiger partial charge in [0.15, 0.2) is 0 Å². The van der Waals surface area contributed by atoms with Crippen LogP contribution in [0.15, 0.2) is 24.3 Å². The quantitative estimate of drug-likeness (QED) is 0.686. The Morgan fingerprint density at radius 2 is 2.10 bits per heavy atom. The maximum Gasteiger partial charge on any atom is 0.122 e. The number of hydrogen-bond donors (Lipinski definition) is 2. The molecule has 1 atom stereocenters. The lowest BCUT2D eigenvalue weighted by Gasteiger charge is -2.25. The molecule has 1 aromatic rings. The third-order valence-corrected chi connectivity index (χ3v) is 3.29. The van der Waals surface area contributed by atoms with Crippen molar-refractivity contribution >= 4 is 0 Å². The number of hydrogen-bond acceptors (Lipinski definition) is 4. The fourth-order valence-corrected chi connectivity index (χ4v) is 2.38. The highest BCUT2D eigenvalue weighted by Crippen LogP contribution is 2.19. The number of rotatable bonds is 9. The van der Waals surface area contributed by atoms with Crippen LogP contribution in [0, 0.1) is 11.3 Å². The molecule has 0 aliphatic carbocycles. The van der Waals surface area contributed by atoms with Gasteiger partial charge in [-0.25, -0.2) is 0 Å². The van der Waals surface area contributed by atoms with E-state index in [1.165, 1.54) is 0 Å². The summed E-state index contributed by atoms with van der Waals surface area (Å²) in [6, 6.07) is 10.4. The van der Waals surface area contributed by atoms with Crippen LogP contribution in [0.1, 0.15) is 39.2 Å². The zero-order valence-corrected chi connectivity index (χ0v) is 13.2. The Kier molecular flexibility index (Phi) is 7.21. The minimum Gasteiger partial charge on any atom is -0.493 e. The minimum atomic E-state index is -0.512. The molecule has 0 spiro atoms. The van der Waals surface area contributed by atoms with Crippen LogP contribution in [0.3, 0.4) is 0 Å².